The van der Waals surface area contributed by atoms with Crippen molar-refractivity contribution in [2.75, 3.05) is 5.73 Å². The Morgan fingerprint density at radius 1 is 0.800 bits per heavy atom. The minimum Gasteiger partial charge on any atom is -0.505 e. The maximum atomic E-state index is 10.3. The lowest BCUT2D eigenvalue weighted by molar-refractivity contribution is 0.412. The molecule has 0 amide bonds. The van der Waals surface area contributed by atoms with E-state index in [4.69, 9.17) is 5.73 Å². The molecule has 1 aromatic carbocycles. The van der Waals surface area contributed by atoms with Gasteiger partial charge in [0.25, 0.3) is 0 Å². The number of hydrogen-bond donors (Lipinski definition) is 2. The Bertz CT molecular complexity index is 457. The third kappa shape index (κ3) is 2.79. The summed E-state index contributed by atoms with van der Waals surface area (Å²) in [5, 5.41) is 10.3. The number of benzene rings is 1. The molecule has 0 heterocycles. The first-order valence-corrected chi connectivity index (χ1v) is 8.38. The summed E-state index contributed by atoms with van der Waals surface area (Å²) in [7, 11) is 0. The van der Waals surface area contributed by atoms with Crippen molar-refractivity contribution in [3.05, 3.63) is 23.3 Å². The molecule has 2 aliphatic rings. The van der Waals surface area contributed by atoms with Crippen molar-refractivity contribution >= 4 is 5.69 Å². The van der Waals surface area contributed by atoms with Crippen LogP contribution < -0.4 is 5.73 Å². The zero-order chi connectivity index (χ0) is 13.9. The molecule has 2 aliphatic carbocycles. The van der Waals surface area contributed by atoms with Gasteiger partial charge in [0, 0.05) is 0 Å². The van der Waals surface area contributed by atoms with Crippen LogP contribution in [0.25, 0.3) is 0 Å². The Labute approximate surface area is 122 Å². The predicted molar refractivity (Wildman–Crippen MR) is 84.2 cm³/mol. The van der Waals surface area contributed by atoms with Gasteiger partial charge in [0.1, 0.15) is 5.75 Å². The molecule has 0 spiro atoms. The maximum absolute atomic E-state index is 10.3. The first-order chi connectivity index (χ1) is 9.75. The molecular weight excluding hydrogens is 246 g/mol. The molecule has 3 rings (SSSR count). The second-order valence-electron chi connectivity index (χ2n) is 6.72. The van der Waals surface area contributed by atoms with Gasteiger partial charge in [-0.05, 0) is 54.7 Å². The fraction of sp³-hybridized carbons (Fsp3) is 0.667. The minimum absolute atomic E-state index is 0.358. The van der Waals surface area contributed by atoms with Gasteiger partial charge in [-0.25, -0.2) is 0 Å². The summed E-state index contributed by atoms with van der Waals surface area (Å²) < 4.78 is 0. The van der Waals surface area contributed by atoms with Crippen LogP contribution in [0.3, 0.4) is 0 Å². The molecule has 0 atom stereocenters. The zero-order valence-electron chi connectivity index (χ0n) is 12.4. The van der Waals surface area contributed by atoms with Gasteiger partial charge in [-0.3, -0.25) is 0 Å². The van der Waals surface area contributed by atoms with Crippen molar-refractivity contribution in [2.24, 2.45) is 0 Å². The maximum Gasteiger partial charge on any atom is 0.141 e. The summed E-state index contributed by atoms with van der Waals surface area (Å²) in [6, 6.07) is 4.30. The van der Waals surface area contributed by atoms with E-state index in [2.05, 4.69) is 6.07 Å². The molecule has 0 bridgehead atoms. The molecule has 2 fully saturated rings. The van der Waals surface area contributed by atoms with E-state index in [-0.39, 0.29) is 0 Å². The van der Waals surface area contributed by atoms with E-state index < -0.39 is 0 Å². The van der Waals surface area contributed by atoms with Crippen LogP contribution >= 0.6 is 0 Å². The van der Waals surface area contributed by atoms with E-state index >= 15 is 0 Å². The highest BCUT2D eigenvalue weighted by atomic mass is 16.3. The van der Waals surface area contributed by atoms with Gasteiger partial charge in [0.15, 0.2) is 0 Å². The monoisotopic (exact) mass is 273 g/mol. The lowest BCUT2D eigenvalue weighted by Crippen LogP contribution is -2.09. The first-order valence-electron chi connectivity index (χ1n) is 8.38. The normalized spacial score (nSPS) is 22.0. The van der Waals surface area contributed by atoms with Crippen LogP contribution in [0, 0.1) is 0 Å². The van der Waals surface area contributed by atoms with E-state index in [1.165, 1.54) is 69.8 Å². The standard InChI is InChI=1S/C18H27NO/c19-17-12-15(13-7-3-1-4-8-13)11-16(18(17)20)14-9-5-2-6-10-14/h11-14,20H,1-10,19H2. The van der Waals surface area contributed by atoms with Crippen molar-refractivity contribution in [2.45, 2.75) is 76.0 Å². The van der Waals surface area contributed by atoms with Crippen molar-refractivity contribution in [3.8, 4) is 5.75 Å². The number of nitrogens with two attached hydrogens (primary N) is 1. The fourth-order valence-corrected chi connectivity index (χ4v) is 4.10. The third-order valence-corrected chi connectivity index (χ3v) is 5.31. The highest BCUT2D eigenvalue weighted by Gasteiger charge is 2.23. The molecule has 0 unspecified atom stereocenters. The van der Waals surface area contributed by atoms with Gasteiger partial charge in [0.2, 0.25) is 0 Å². The molecule has 0 aliphatic heterocycles. The Morgan fingerprint density at radius 2 is 1.35 bits per heavy atom. The van der Waals surface area contributed by atoms with Crippen molar-refractivity contribution < 1.29 is 5.11 Å². The number of phenols is 1. The molecule has 0 saturated heterocycles. The molecule has 1 aromatic rings. The number of nitrogen functional groups attached to an aromatic ring is 1. The zero-order valence-corrected chi connectivity index (χ0v) is 12.4. The topological polar surface area (TPSA) is 46.2 Å². The highest BCUT2D eigenvalue weighted by molar-refractivity contribution is 5.59. The minimum atomic E-state index is 0.358. The van der Waals surface area contributed by atoms with Gasteiger partial charge in [-0.15, -0.1) is 0 Å². The Kier molecular flexibility index (Phi) is 4.18. The predicted octanol–water partition coefficient (Wildman–Crippen LogP) is 5.07. The summed E-state index contributed by atoms with van der Waals surface area (Å²) in [6.45, 7) is 0. The molecule has 0 aromatic heterocycles. The number of phenolic OH excluding ortho intramolecular Hbond substituents is 1. The summed E-state index contributed by atoms with van der Waals surface area (Å²) in [5.74, 6) is 1.54. The van der Waals surface area contributed by atoms with Crippen LogP contribution in [0.1, 0.15) is 87.2 Å². The Hall–Kier alpha value is -1.18. The van der Waals surface area contributed by atoms with E-state index in [9.17, 15) is 5.11 Å². The highest BCUT2D eigenvalue weighted by Crippen LogP contribution is 2.43. The van der Waals surface area contributed by atoms with Crippen LogP contribution in [0.5, 0.6) is 5.75 Å². The molecule has 110 valence electrons. The van der Waals surface area contributed by atoms with Gasteiger partial charge in [-0.1, -0.05) is 44.6 Å². The van der Waals surface area contributed by atoms with Gasteiger partial charge in [-0.2, -0.15) is 0 Å². The van der Waals surface area contributed by atoms with Crippen molar-refractivity contribution in [1.29, 1.82) is 0 Å². The smallest absolute Gasteiger partial charge is 0.141 e. The quantitative estimate of drug-likeness (QED) is 0.583. The third-order valence-electron chi connectivity index (χ3n) is 5.31. The second-order valence-corrected chi connectivity index (χ2v) is 6.72. The molecule has 20 heavy (non-hydrogen) atoms. The van der Waals surface area contributed by atoms with E-state index in [0.29, 0.717) is 23.3 Å². The van der Waals surface area contributed by atoms with Gasteiger partial charge < -0.3 is 10.8 Å². The number of rotatable bonds is 2. The van der Waals surface area contributed by atoms with E-state index in [1.807, 2.05) is 6.07 Å². The lowest BCUT2D eigenvalue weighted by Gasteiger charge is -2.27. The summed E-state index contributed by atoms with van der Waals surface area (Å²) in [4.78, 5) is 0. The average Bonchev–Trinajstić information content (AvgIpc) is 2.51. The van der Waals surface area contributed by atoms with Gasteiger partial charge in [0.05, 0.1) is 5.69 Å². The number of aromatic hydroxyl groups is 1. The number of hydrogen-bond acceptors (Lipinski definition) is 2. The lowest BCUT2D eigenvalue weighted by atomic mass is 9.79. The molecule has 0 radical (unpaired) electrons. The molecule has 2 nitrogen and oxygen atoms in total. The average molecular weight is 273 g/mol. The molecular formula is C18H27NO. The summed E-state index contributed by atoms with van der Waals surface area (Å²) in [6.07, 6.45) is 13.0. The molecule has 2 saturated carbocycles. The van der Waals surface area contributed by atoms with E-state index in [0.717, 1.165) is 5.56 Å². The van der Waals surface area contributed by atoms with Crippen LogP contribution in [0.15, 0.2) is 12.1 Å². The number of anilines is 1. The molecule has 2 heteroatoms. The largest absolute Gasteiger partial charge is 0.505 e. The fourth-order valence-electron chi connectivity index (χ4n) is 4.10. The van der Waals surface area contributed by atoms with E-state index in [1.54, 1.807) is 0 Å². The Balaban J connectivity index is 1.89. The SMILES string of the molecule is Nc1cc(C2CCCCC2)cc(C2CCCCC2)c1O. The molecule has 3 N–H and O–H groups in total. The van der Waals surface area contributed by atoms with Crippen LogP contribution in [0.2, 0.25) is 0 Å². The summed E-state index contributed by atoms with van der Waals surface area (Å²) in [5.41, 5.74) is 9.18. The van der Waals surface area contributed by atoms with Crippen LogP contribution in [-0.2, 0) is 0 Å². The van der Waals surface area contributed by atoms with Crippen molar-refractivity contribution in [3.63, 3.8) is 0 Å². The van der Waals surface area contributed by atoms with Gasteiger partial charge >= 0.3 is 0 Å². The summed E-state index contributed by atoms with van der Waals surface area (Å²) >= 11 is 0. The van der Waals surface area contributed by atoms with Crippen molar-refractivity contribution in [1.82, 2.24) is 0 Å². The van der Waals surface area contributed by atoms with Crippen LogP contribution in [-0.4, -0.2) is 5.11 Å². The Morgan fingerprint density at radius 3 is 1.95 bits per heavy atom. The van der Waals surface area contributed by atoms with Crippen LogP contribution in [0.4, 0.5) is 5.69 Å². The first kappa shape index (κ1) is 13.8. The second kappa shape index (κ2) is 6.07.